The molecule has 204 valence electrons. The predicted octanol–water partition coefficient (Wildman–Crippen LogP) is 5.14. The Hall–Kier alpha value is -3.82. The molecule has 2 aromatic carbocycles. The van der Waals surface area contributed by atoms with Gasteiger partial charge in [-0.25, -0.2) is 19.2 Å². The van der Waals surface area contributed by atoms with E-state index < -0.39 is 11.9 Å². The van der Waals surface area contributed by atoms with Crippen LogP contribution in [0.3, 0.4) is 0 Å². The molecule has 5 rings (SSSR count). The first-order chi connectivity index (χ1) is 18.7. The Bertz CT molecular complexity index is 1480. The zero-order valence-electron chi connectivity index (χ0n) is 22.4. The maximum absolute atomic E-state index is 14.9. The summed E-state index contributed by atoms with van der Waals surface area (Å²) in [5.41, 5.74) is 5.61. The van der Waals surface area contributed by atoms with Crippen LogP contribution in [0.25, 0.3) is 33.5 Å². The molecule has 1 fully saturated rings. The van der Waals surface area contributed by atoms with Crippen LogP contribution in [-0.2, 0) is 6.42 Å². The van der Waals surface area contributed by atoms with Crippen LogP contribution in [0, 0.1) is 24.6 Å². The van der Waals surface area contributed by atoms with Crippen LogP contribution in [0.2, 0.25) is 0 Å². The number of nitrogens with zero attached hydrogens (tertiary/aromatic N) is 3. The molecular weight excluding hydrogens is 497 g/mol. The number of aliphatic hydroxyl groups excluding tert-OH is 2. The Labute approximate surface area is 226 Å². The minimum Gasteiger partial charge on any atom is -0.396 e. The summed E-state index contributed by atoms with van der Waals surface area (Å²) in [5.74, 6) is -0.0418. The molecule has 0 spiro atoms. The van der Waals surface area contributed by atoms with Crippen LogP contribution in [0.1, 0.15) is 31.4 Å². The van der Waals surface area contributed by atoms with Crippen molar-refractivity contribution in [1.82, 2.24) is 19.9 Å². The summed E-state index contributed by atoms with van der Waals surface area (Å²) in [4.78, 5) is 26.9. The molecule has 0 bridgehead atoms. The van der Waals surface area contributed by atoms with Crippen molar-refractivity contribution in [3.05, 3.63) is 65.7 Å². The summed E-state index contributed by atoms with van der Waals surface area (Å²) in [6, 6.07) is 12.2. The second kappa shape index (κ2) is 11.1. The smallest absolute Gasteiger partial charge is 0.321 e. The third-order valence-electron chi connectivity index (χ3n) is 7.43. The third kappa shape index (κ3) is 5.65. The van der Waals surface area contributed by atoms with Gasteiger partial charge >= 0.3 is 6.03 Å². The first-order valence-electron chi connectivity index (χ1n) is 13.3. The summed E-state index contributed by atoms with van der Waals surface area (Å²) in [5, 5.41) is 23.2. The van der Waals surface area contributed by atoms with Crippen molar-refractivity contribution >= 4 is 22.8 Å². The number of anilines is 1. The Balaban J connectivity index is 1.44. The Morgan fingerprint density at radius 2 is 1.95 bits per heavy atom. The van der Waals surface area contributed by atoms with E-state index in [0.717, 1.165) is 28.6 Å². The number of aliphatic hydroxyl groups is 2. The quantitative estimate of drug-likeness (QED) is 0.264. The van der Waals surface area contributed by atoms with E-state index in [4.69, 9.17) is 0 Å². The topological polar surface area (TPSA) is 114 Å². The molecule has 39 heavy (non-hydrogen) atoms. The molecule has 1 aliphatic rings. The van der Waals surface area contributed by atoms with Gasteiger partial charge in [-0.2, -0.15) is 0 Å². The van der Waals surface area contributed by atoms with Gasteiger partial charge in [-0.3, -0.25) is 0 Å². The van der Waals surface area contributed by atoms with E-state index in [1.165, 1.54) is 18.5 Å². The highest BCUT2D eigenvalue weighted by molar-refractivity contribution is 5.97. The molecule has 3 heterocycles. The summed E-state index contributed by atoms with van der Waals surface area (Å²) >= 11 is 0. The molecule has 4 aromatic rings. The lowest BCUT2D eigenvalue weighted by molar-refractivity contribution is 0.132. The van der Waals surface area contributed by atoms with Crippen LogP contribution in [0.15, 0.2) is 48.8 Å². The number of hydrogen-bond acceptors (Lipinski definition) is 5. The minimum absolute atomic E-state index is 0.0305. The van der Waals surface area contributed by atoms with Gasteiger partial charge in [0.1, 0.15) is 17.8 Å². The first kappa shape index (κ1) is 26.8. The van der Waals surface area contributed by atoms with Crippen molar-refractivity contribution in [3.8, 4) is 22.5 Å². The molecule has 2 aromatic heterocycles. The van der Waals surface area contributed by atoms with Crippen molar-refractivity contribution in [3.63, 3.8) is 0 Å². The maximum atomic E-state index is 14.9. The minimum atomic E-state index is -0.565. The average Bonchev–Trinajstić information content (AvgIpc) is 3.50. The van der Waals surface area contributed by atoms with Crippen molar-refractivity contribution < 1.29 is 19.4 Å². The fourth-order valence-electron chi connectivity index (χ4n) is 5.40. The number of H-pyrrole nitrogens is 1. The number of hydrogen-bond donors (Lipinski definition) is 4. The lowest BCUT2D eigenvalue weighted by Gasteiger charge is -2.19. The summed E-state index contributed by atoms with van der Waals surface area (Å²) in [6.07, 6.45) is 2.30. The zero-order chi connectivity index (χ0) is 27.7. The van der Waals surface area contributed by atoms with Gasteiger partial charge in [0.15, 0.2) is 0 Å². The summed E-state index contributed by atoms with van der Waals surface area (Å²) < 4.78 is 14.9. The van der Waals surface area contributed by atoms with Gasteiger partial charge < -0.3 is 25.4 Å². The Morgan fingerprint density at radius 1 is 1.18 bits per heavy atom. The number of β-amino-alcohol motifs (C(OH)–C–C–N with tert-alkyl or cyclic N) is 1. The number of likely N-dealkylation sites (tertiary alicyclic amines) is 1. The highest BCUT2D eigenvalue weighted by Crippen LogP contribution is 2.35. The number of carbonyl (C=O) groups excluding carboxylic acids is 1. The van der Waals surface area contributed by atoms with Crippen LogP contribution >= 0.6 is 0 Å². The summed E-state index contributed by atoms with van der Waals surface area (Å²) in [6.45, 7) is 6.83. The van der Waals surface area contributed by atoms with E-state index in [1.54, 1.807) is 4.90 Å². The van der Waals surface area contributed by atoms with Crippen LogP contribution in [0.5, 0.6) is 0 Å². The largest absolute Gasteiger partial charge is 0.396 e. The van der Waals surface area contributed by atoms with Crippen LogP contribution in [-0.4, -0.2) is 61.9 Å². The van der Waals surface area contributed by atoms with E-state index in [0.29, 0.717) is 47.0 Å². The average molecular weight is 532 g/mol. The van der Waals surface area contributed by atoms with Gasteiger partial charge in [-0.1, -0.05) is 38.1 Å². The predicted molar refractivity (Wildman–Crippen MR) is 150 cm³/mol. The number of rotatable bonds is 7. The standard InChI is InChI=1S/C30H34FN5O3/c1-17(2)10-21-14-36(15-27(21)38)30(39)35-25-12-22(31)11-23(18(25)3)28-24-13-26(34-29(24)33-16-32-28)20-6-4-19(5-7-20)8-9-37/h4-7,11-13,16-17,21,27,37-38H,8-10,14-15H2,1-3H3,(H,35,39)(H,32,33,34)/t21-,27+/m1/s1. The van der Waals surface area contributed by atoms with E-state index >= 15 is 0 Å². The SMILES string of the molecule is Cc1c(NC(=O)N2C[C@@H](CC(C)C)[C@@H](O)C2)cc(F)cc1-c1ncnc2[nH]c(-c3ccc(CCO)cc3)cc12. The van der Waals surface area contributed by atoms with Gasteiger partial charge in [0.25, 0.3) is 0 Å². The van der Waals surface area contributed by atoms with Crippen molar-refractivity contribution in [2.45, 2.75) is 39.7 Å². The molecule has 4 N–H and O–H groups in total. The normalized spacial score (nSPS) is 17.4. The molecule has 2 amide bonds. The number of aromatic amines is 1. The van der Waals surface area contributed by atoms with Gasteiger partial charge in [0, 0.05) is 47.9 Å². The van der Waals surface area contributed by atoms with Gasteiger partial charge in [0.05, 0.1) is 11.8 Å². The van der Waals surface area contributed by atoms with E-state index in [1.807, 2.05) is 37.3 Å². The molecule has 2 atom stereocenters. The molecular formula is C30H34FN5O3. The molecule has 0 saturated carbocycles. The maximum Gasteiger partial charge on any atom is 0.321 e. The van der Waals surface area contributed by atoms with Crippen LogP contribution in [0.4, 0.5) is 14.9 Å². The number of fused-ring (bicyclic) bond motifs is 1. The number of aromatic nitrogens is 3. The number of amides is 2. The van der Waals surface area contributed by atoms with E-state index in [-0.39, 0.29) is 25.1 Å². The summed E-state index contributed by atoms with van der Waals surface area (Å²) in [7, 11) is 0. The fourth-order valence-corrected chi connectivity index (χ4v) is 5.40. The van der Waals surface area contributed by atoms with Gasteiger partial charge in [-0.15, -0.1) is 0 Å². The molecule has 1 saturated heterocycles. The molecule has 0 unspecified atom stereocenters. The lowest BCUT2D eigenvalue weighted by atomic mass is 9.95. The number of carbonyl (C=O) groups is 1. The zero-order valence-corrected chi connectivity index (χ0v) is 22.4. The Morgan fingerprint density at radius 3 is 2.67 bits per heavy atom. The van der Waals surface area contributed by atoms with Gasteiger partial charge in [0.2, 0.25) is 0 Å². The number of halogens is 1. The van der Waals surface area contributed by atoms with Gasteiger partial charge in [-0.05, 0) is 60.6 Å². The van der Waals surface area contributed by atoms with Crippen molar-refractivity contribution in [2.75, 3.05) is 25.0 Å². The van der Waals surface area contributed by atoms with E-state index in [2.05, 4.69) is 34.1 Å². The number of urea groups is 1. The highest BCUT2D eigenvalue weighted by Gasteiger charge is 2.34. The van der Waals surface area contributed by atoms with Crippen molar-refractivity contribution in [1.29, 1.82) is 0 Å². The first-order valence-corrected chi connectivity index (χ1v) is 13.3. The van der Waals surface area contributed by atoms with Crippen LogP contribution < -0.4 is 5.32 Å². The molecule has 0 aliphatic carbocycles. The lowest BCUT2D eigenvalue weighted by Crippen LogP contribution is -2.34. The second-order valence-corrected chi connectivity index (χ2v) is 10.8. The van der Waals surface area contributed by atoms with Crippen molar-refractivity contribution in [2.24, 2.45) is 11.8 Å². The number of nitrogens with one attached hydrogen (secondary N) is 2. The monoisotopic (exact) mass is 531 g/mol. The second-order valence-electron chi connectivity index (χ2n) is 10.8. The molecule has 1 aliphatic heterocycles. The highest BCUT2D eigenvalue weighted by atomic mass is 19.1. The molecule has 0 radical (unpaired) electrons. The molecule has 9 heteroatoms. The fraction of sp³-hybridized carbons (Fsp3) is 0.367. The molecule has 8 nitrogen and oxygen atoms in total. The third-order valence-corrected chi connectivity index (χ3v) is 7.43. The van der Waals surface area contributed by atoms with E-state index in [9.17, 15) is 19.4 Å². The number of benzene rings is 2. The Kier molecular flexibility index (Phi) is 7.63.